The van der Waals surface area contributed by atoms with Gasteiger partial charge >= 0.3 is 0 Å². The van der Waals surface area contributed by atoms with Gasteiger partial charge in [0.2, 0.25) is 0 Å². The minimum Gasteiger partial charge on any atom is -0.490 e. The van der Waals surface area contributed by atoms with E-state index in [1.54, 1.807) is 18.3 Å². The molecule has 0 bridgehead atoms. The van der Waals surface area contributed by atoms with Crippen molar-refractivity contribution in [1.82, 2.24) is 10.7 Å². The molecule has 0 aliphatic heterocycles. The molecule has 1 aliphatic carbocycles. The Hall–Kier alpha value is -2.35. The zero-order valence-corrected chi connectivity index (χ0v) is 15.8. The molecule has 0 saturated heterocycles. The lowest BCUT2D eigenvalue weighted by Crippen LogP contribution is -2.39. The van der Waals surface area contributed by atoms with Gasteiger partial charge < -0.3 is 20.5 Å². The average Bonchev–Trinajstić information content (AvgIpc) is 2.62. The van der Waals surface area contributed by atoms with Crippen LogP contribution in [0.4, 0.5) is 0 Å². The fourth-order valence-electron chi connectivity index (χ4n) is 2.82. The molecule has 1 amide bonds. The molecular formula is C18H26N4O3S. The number of amides is 1. The van der Waals surface area contributed by atoms with Crippen molar-refractivity contribution in [3.05, 3.63) is 23.8 Å². The van der Waals surface area contributed by atoms with E-state index in [2.05, 4.69) is 28.1 Å². The maximum atomic E-state index is 12.1. The molecule has 142 valence electrons. The van der Waals surface area contributed by atoms with Crippen LogP contribution in [0.15, 0.2) is 23.3 Å². The molecule has 2 rings (SSSR count). The highest BCUT2D eigenvalue weighted by molar-refractivity contribution is 7.80. The maximum Gasteiger partial charge on any atom is 0.258 e. The van der Waals surface area contributed by atoms with Crippen molar-refractivity contribution in [1.29, 1.82) is 0 Å². The number of nitrogens with two attached hydrogens (primary N) is 1. The van der Waals surface area contributed by atoms with Crippen LogP contribution in [0.3, 0.4) is 0 Å². The number of carbonyl (C=O) groups excluding carboxylic acids is 1. The second-order valence-corrected chi connectivity index (χ2v) is 6.50. The first kappa shape index (κ1) is 20.0. The topological polar surface area (TPSA) is 98.0 Å². The Morgan fingerprint density at radius 1 is 1.31 bits per heavy atom. The van der Waals surface area contributed by atoms with E-state index in [0.717, 1.165) is 18.4 Å². The molecule has 7 nitrogen and oxygen atoms in total. The van der Waals surface area contributed by atoms with Crippen molar-refractivity contribution in [2.24, 2.45) is 10.8 Å². The highest BCUT2D eigenvalue weighted by Crippen LogP contribution is 2.28. The van der Waals surface area contributed by atoms with Crippen LogP contribution in [0.25, 0.3) is 0 Å². The van der Waals surface area contributed by atoms with Crippen molar-refractivity contribution >= 4 is 29.5 Å². The first-order valence-electron chi connectivity index (χ1n) is 8.86. The third-order valence-corrected chi connectivity index (χ3v) is 4.08. The van der Waals surface area contributed by atoms with E-state index in [1.165, 1.54) is 19.3 Å². The van der Waals surface area contributed by atoms with E-state index >= 15 is 0 Å². The first-order valence-corrected chi connectivity index (χ1v) is 9.27. The van der Waals surface area contributed by atoms with Crippen molar-refractivity contribution in [3.8, 4) is 11.5 Å². The second-order valence-electron chi connectivity index (χ2n) is 6.06. The van der Waals surface area contributed by atoms with E-state index in [9.17, 15) is 4.79 Å². The maximum absolute atomic E-state index is 12.1. The molecule has 1 fully saturated rings. The summed E-state index contributed by atoms with van der Waals surface area (Å²) in [5.41, 5.74) is 8.60. The Morgan fingerprint density at radius 2 is 2.08 bits per heavy atom. The van der Waals surface area contributed by atoms with Crippen LogP contribution in [0, 0.1) is 0 Å². The standard InChI is InChI=1S/C18H26N4O3S/c1-2-24-16-10-13(11-20-22-18(19)26)8-9-15(16)25-12-17(23)21-14-6-4-3-5-7-14/h8-11,14H,2-7,12H2,1H3,(H,21,23)(H3,19,22,26). The fourth-order valence-corrected chi connectivity index (χ4v) is 2.88. The van der Waals surface area contributed by atoms with Gasteiger partial charge in [0, 0.05) is 6.04 Å². The number of hydrogen-bond donors (Lipinski definition) is 3. The average molecular weight is 378 g/mol. The molecule has 0 radical (unpaired) electrons. The van der Waals surface area contributed by atoms with Crippen LogP contribution in [0.1, 0.15) is 44.6 Å². The van der Waals surface area contributed by atoms with Gasteiger partial charge in [-0.25, -0.2) is 0 Å². The molecule has 0 unspecified atom stereocenters. The van der Waals surface area contributed by atoms with E-state index in [-0.39, 0.29) is 23.7 Å². The predicted octanol–water partition coefficient (Wildman–Crippen LogP) is 2.08. The summed E-state index contributed by atoms with van der Waals surface area (Å²) in [6, 6.07) is 5.61. The summed E-state index contributed by atoms with van der Waals surface area (Å²) < 4.78 is 11.3. The molecule has 8 heteroatoms. The van der Waals surface area contributed by atoms with Gasteiger partial charge in [-0.2, -0.15) is 5.10 Å². The van der Waals surface area contributed by atoms with Gasteiger partial charge in [0.25, 0.3) is 5.91 Å². The lowest BCUT2D eigenvalue weighted by molar-refractivity contribution is -0.124. The lowest BCUT2D eigenvalue weighted by Gasteiger charge is -2.22. The number of hydrazone groups is 1. The van der Waals surface area contributed by atoms with Crippen molar-refractivity contribution in [3.63, 3.8) is 0 Å². The summed E-state index contributed by atoms with van der Waals surface area (Å²) in [7, 11) is 0. The molecular weight excluding hydrogens is 352 g/mol. The Morgan fingerprint density at radius 3 is 2.77 bits per heavy atom. The van der Waals surface area contributed by atoms with Crippen LogP contribution in [-0.4, -0.2) is 36.5 Å². The zero-order valence-electron chi connectivity index (χ0n) is 15.0. The lowest BCUT2D eigenvalue weighted by atomic mass is 9.95. The smallest absolute Gasteiger partial charge is 0.258 e. The van der Waals surface area contributed by atoms with E-state index in [1.807, 2.05) is 13.0 Å². The summed E-state index contributed by atoms with van der Waals surface area (Å²) in [5, 5.41) is 7.03. The fraction of sp³-hybridized carbons (Fsp3) is 0.500. The number of ether oxygens (including phenoxy) is 2. The van der Waals surface area contributed by atoms with Gasteiger partial charge in [-0.05, 0) is 55.7 Å². The summed E-state index contributed by atoms with van der Waals surface area (Å²) in [6.07, 6.45) is 7.26. The SMILES string of the molecule is CCOc1cc(C=NNC(N)=S)ccc1OCC(=O)NC1CCCCC1. The van der Waals surface area contributed by atoms with Crippen LogP contribution in [0.2, 0.25) is 0 Å². The molecule has 1 aliphatic rings. The van der Waals surface area contributed by atoms with Gasteiger partial charge in [-0.3, -0.25) is 10.2 Å². The third-order valence-electron chi connectivity index (χ3n) is 3.99. The molecule has 4 N–H and O–H groups in total. The molecule has 0 aromatic heterocycles. The van der Waals surface area contributed by atoms with Crippen molar-refractivity contribution < 1.29 is 14.3 Å². The van der Waals surface area contributed by atoms with E-state index in [0.29, 0.717) is 18.1 Å². The molecule has 0 heterocycles. The first-order chi connectivity index (χ1) is 12.6. The van der Waals surface area contributed by atoms with Gasteiger partial charge in [0.15, 0.2) is 23.2 Å². The van der Waals surface area contributed by atoms with Crippen LogP contribution in [-0.2, 0) is 4.79 Å². The number of thiocarbonyl (C=S) groups is 1. The van der Waals surface area contributed by atoms with Gasteiger partial charge in [0.05, 0.1) is 12.8 Å². The Bertz CT molecular complexity index is 645. The van der Waals surface area contributed by atoms with Crippen LogP contribution >= 0.6 is 12.2 Å². The number of nitrogens with zero attached hydrogens (tertiary/aromatic N) is 1. The minimum atomic E-state index is -0.106. The Kier molecular flexibility index (Phi) is 8.14. The van der Waals surface area contributed by atoms with Crippen LogP contribution in [0.5, 0.6) is 11.5 Å². The summed E-state index contributed by atoms with van der Waals surface area (Å²) in [6.45, 7) is 2.33. The van der Waals surface area contributed by atoms with E-state index < -0.39 is 0 Å². The van der Waals surface area contributed by atoms with E-state index in [4.69, 9.17) is 15.2 Å². The molecule has 26 heavy (non-hydrogen) atoms. The summed E-state index contributed by atoms with van der Waals surface area (Å²) in [5.74, 6) is 0.966. The van der Waals surface area contributed by atoms with Crippen molar-refractivity contribution in [2.75, 3.05) is 13.2 Å². The number of rotatable bonds is 8. The molecule has 1 aromatic carbocycles. The van der Waals surface area contributed by atoms with Crippen molar-refractivity contribution in [2.45, 2.75) is 45.1 Å². The predicted molar refractivity (Wildman–Crippen MR) is 106 cm³/mol. The molecule has 1 saturated carbocycles. The van der Waals surface area contributed by atoms with Crippen LogP contribution < -0.4 is 25.9 Å². The highest BCUT2D eigenvalue weighted by atomic mass is 32.1. The largest absolute Gasteiger partial charge is 0.490 e. The summed E-state index contributed by atoms with van der Waals surface area (Å²) >= 11 is 4.69. The molecule has 0 atom stereocenters. The normalized spacial score (nSPS) is 14.8. The zero-order chi connectivity index (χ0) is 18.8. The number of benzene rings is 1. The van der Waals surface area contributed by atoms with Gasteiger partial charge in [-0.1, -0.05) is 19.3 Å². The third kappa shape index (κ3) is 6.87. The molecule has 0 spiro atoms. The number of hydrogen-bond acceptors (Lipinski definition) is 5. The second kappa shape index (κ2) is 10.6. The summed E-state index contributed by atoms with van der Waals surface area (Å²) in [4.78, 5) is 12.1. The Labute approximate surface area is 159 Å². The van der Waals surface area contributed by atoms with Gasteiger partial charge in [0.1, 0.15) is 0 Å². The molecule has 1 aromatic rings. The minimum absolute atomic E-state index is 0.0347. The van der Waals surface area contributed by atoms with Gasteiger partial charge in [-0.15, -0.1) is 0 Å². The quantitative estimate of drug-likeness (QED) is 0.364. The Balaban J connectivity index is 1.93. The highest BCUT2D eigenvalue weighted by Gasteiger charge is 2.16. The monoisotopic (exact) mass is 378 g/mol. The number of nitrogens with one attached hydrogen (secondary N) is 2. The number of carbonyl (C=O) groups is 1.